The number of aliphatic hydroxyl groups is 1. The van der Waals surface area contributed by atoms with Gasteiger partial charge in [0.15, 0.2) is 17.2 Å². The topological polar surface area (TPSA) is 86.1 Å². The zero-order chi connectivity index (χ0) is 30.5. The first-order valence-corrected chi connectivity index (χ1v) is 13.3. The maximum absolute atomic E-state index is 14.1. The van der Waals surface area contributed by atoms with E-state index in [1.165, 1.54) is 59.1 Å². The number of hydrogen-bond donors (Lipinski definition) is 1. The number of nitrogens with zero attached hydrogens (tertiary/aromatic N) is 3. The van der Waals surface area contributed by atoms with Gasteiger partial charge in [0.1, 0.15) is 11.9 Å². The van der Waals surface area contributed by atoms with Crippen LogP contribution in [0, 0.1) is 0 Å². The fourth-order valence-corrected chi connectivity index (χ4v) is 5.25. The third-order valence-electron chi connectivity index (χ3n) is 7.29. The largest absolute Gasteiger partial charge is 0.586 e. The van der Waals surface area contributed by atoms with Crippen molar-refractivity contribution < 1.29 is 46.1 Å². The number of carbonyl (C=O) groups is 1. The van der Waals surface area contributed by atoms with E-state index >= 15 is 0 Å². The lowest BCUT2D eigenvalue weighted by atomic mass is 9.92. The minimum atomic E-state index is -4.72. The van der Waals surface area contributed by atoms with E-state index < -0.39 is 30.2 Å². The van der Waals surface area contributed by atoms with Crippen LogP contribution in [0.2, 0.25) is 0 Å². The van der Waals surface area contributed by atoms with Crippen molar-refractivity contribution in [2.45, 2.75) is 44.4 Å². The number of amides is 1. The average Bonchev–Trinajstić information content (AvgIpc) is 3.53. The third-order valence-corrected chi connectivity index (χ3v) is 7.29. The number of fused-ring (bicyclic) bond motifs is 2. The van der Waals surface area contributed by atoms with Crippen LogP contribution in [0.3, 0.4) is 0 Å². The van der Waals surface area contributed by atoms with E-state index in [0.717, 1.165) is 0 Å². The molecule has 3 aromatic carbocycles. The van der Waals surface area contributed by atoms with Crippen LogP contribution in [-0.2, 0) is 19.2 Å². The van der Waals surface area contributed by atoms with Crippen molar-refractivity contribution >= 4 is 11.6 Å². The van der Waals surface area contributed by atoms with Crippen molar-refractivity contribution in [3.8, 4) is 22.9 Å². The van der Waals surface area contributed by atoms with Crippen LogP contribution in [0.1, 0.15) is 51.8 Å². The SMILES string of the molecule is CN(C(=O)c1cccc(-n2nc(C(F)(F)F)c3c2[C@H](Oc2ccc(CO)cc2)CCC3)c1)c1ccc2c(c1)OC(F)(F)O2. The molecule has 2 heterocycles. The van der Waals surface area contributed by atoms with Gasteiger partial charge < -0.3 is 24.2 Å². The Kier molecular flexibility index (Phi) is 6.99. The molecular weight excluding hydrogens is 577 g/mol. The van der Waals surface area contributed by atoms with Gasteiger partial charge in [-0.25, -0.2) is 4.68 Å². The Morgan fingerprint density at radius 3 is 2.56 bits per heavy atom. The lowest BCUT2D eigenvalue weighted by Gasteiger charge is -2.26. The van der Waals surface area contributed by atoms with Gasteiger partial charge in [-0.15, -0.1) is 8.78 Å². The first-order chi connectivity index (χ1) is 20.4. The quantitative estimate of drug-likeness (QED) is 0.256. The van der Waals surface area contributed by atoms with Gasteiger partial charge in [0.25, 0.3) is 5.91 Å². The minimum absolute atomic E-state index is 0.0294. The highest BCUT2D eigenvalue weighted by molar-refractivity contribution is 6.06. The van der Waals surface area contributed by atoms with Crippen LogP contribution in [0.15, 0.2) is 66.7 Å². The van der Waals surface area contributed by atoms with Gasteiger partial charge in [-0.1, -0.05) is 18.2 Å². The van der Waals surface area contributed by atoms with E-state index in [9.17, 15) is 31.9 Å². The molecule has 2 aliphatic rings. The number of aliphatic hydroxyl groups excluding tert-OH is 1. The monoisotopic (exact) mass is 601 g/mol. The van der Waals surface area contributed by atoms with E-state index in [2.05, 4.69) is 14.6 Å². The van der Waals surface area contributed by atoms with Gasteiger partial charge in [-0.3, -0.25) is 4.79 Å². The third kappa shape index (κ3) is 5.47. The van der Waals surface area contributed by atoms with Crippen molar-refractivity contribution in [3.05, 3.63) is 94.8 Å². The standard InChI is InChI=1S/C30H24F5N3O5/c1-37(19-10-13-23-25(15-19)43-30(34,35)42-23)28(40)18-4-2-5-20(14-18)38-26-22(27(36-38)29(31,32)33)6-3-7-24(26)41-21-11-8-17(16-39)9-12-21/h2,4-5,8-15,24,39H,3,6-7,16H2,1H3/t24-/m1/s1. The molecule has 6 rings (SSSR count). The van der Waals surface area contributed by atoms with Gasteiger partial charge in [0.2, 0.25) is 0 Å². The summed E-state index contributed by atoms with van der Waals surface area (Å²) in [6.07, 6.45) is -8.27. The molecule has 13 heteroatoms. The molecule has 0 saturated heterocycles. The summed E-state index contributed by atoms with van der Waals surface area (Å²) in [7, 11) is 1.42. The van der Waals surface area contributed by atoms with Crippen LogP contribution < -0.4 is 19.1 Å². The second-order valence-electron chi connectivity index (χ2n) is 10.1. The zero-order valence-electron chi connectivity index (χ0n) is 22.6. The second kappa shape index (κ2) is 10.6. The van der Waals surface area contributed by atoms with Crippen LogP contribution in [-0.4, -0.2) is 34.1 Å². The summed E-state index contributed by atoms with van der Waals surface area (Å²) in [6, 6.07) is 16.4. The van der Waals surface area contributed by atoms with Crippen molar-refractivity contribution in [1.82, 2.24) is 9.78 Å². The van der Waals surface area contributed by atoms with Crippen molar-refractivity contribution in [2.75, 3.05) is 11.9 Å². The molecule has 1 atom stereocenters. The number of benzene rings is 3. The summed E-state index contributed by atoms with van der Waals surface area (Å²) >= 11 is 0. The molecular formula is C30H24F5N3O5. The summed E-state index contributed by atoms with van der Waals surface area (Å²) in [4.78, 5) is 14.6. The number of alkyl halides is 5. The fraction of sp³-hybridized carbons (Fsp3) is 0.267. The predicted octanol–water partition coefficient (Wildman–Crippen LogP) is 6.44. The maximum atomic E-state index is 14.1. The molecule has 0 radical (unpaired) electrons. The number of anilines is 1. The molecule has 0 spiro atoms. The number of aromatic nitrogens is 2. The fourth-order valence-electron chi connectivity index (χ4n) is 5.25. The number of halogens is 5. The molecule has 1 aliphatic carbocycles. The normalized spacial score (nSPS) is 17.0. The van der Waals surface area contributed by atoms with Crippen molar-refractivity contribution in [3.63, 3.8) is 0 Å². The Hall–Kier alpha value is -4.65. The van der Waals surface area contributed by atoms with Gasteiger partial charge in [-0.05, 0) is 67.3 Å². The molecule has 224 valence electrons. The molecule has 43 heavy (non-hydrogen) atoms. The minimum Gasteiger partial charge on any atom is -0.484 e. The van der Waals surface area contributed by atoms with Gasteiger partial charge in [0.05, 0.1) is 18.0 Å². The number of rotatable bonds is 6. The van der Waals surface area contributed by atoms with Crippen LogP contribution in [0.5, 0.6) is 17.2 Å². The van der Waals surface area contributed by atoms with Gasteiger partial charge in [-0.2, -0.15) is 18.3 Å². The van der Waals surface area contributed by atoms with Gasteiger partial charge in [0, 0.05) is 29.9 Å². The van der Waals surface area contributed by atoms with E-state index in [0.29, 0.717) is 24.2 Å². The van der Waals surface area contributed by atoms with Crippen LogP contribution in [0.25, 0.3) is 5.69 Å². The second-order valence-corrected chi connectivity index (χ2v) is 10.1. The molecule has 0 unspecified atom stereocenters. The lowest BCUT2D eigenvalue weighted by molar-refractivity contribution is -0.286. The predicted molar refractivity (Wildman–Crippen MR) is 143 cm³/mol. The molecule has 8 nitrogen and oxygen atoms in total. The summed E-state index contributed by atoms with van der Waals surface area (Å²) in [5.74, 6) is -0.554. The molecule has 0 fully saturated rings. The molecule has 0 bridgehead atoms. The molecule has 1 aliphatic heterocycles. The highest BCUT2D eigenvalue weighted by Crippen LogP contribution is 2.44. The van der Waals surface area contributed by atoms with E-state index in [1.54, 1.807) is 24.3 Å². The molecule has 1 aromatic heterocycles. The summed E-state index contributed by atoms with van der Waals surface area (Å²) in [6.45, 7) is -0.162. The Labute approximate surface area is 241 Å². The smallest absolute Gasteiger partial charge is 0.484 e. The molecule has 4 aromatic rings. The zero-order valence-corrected chi connectivity index (χ0v) is 22.6. The van der Waals surface area contributed by atoms with E-state index in [4.69, 9.17) is 4.74 Å². The number of hydrogen-bond acceptors (Lipinski definition) is 6. The average molecular weight is 602 g/mol. The Morgan fingerprint density at radius 2 is 1.84 bits per heavy atom. The molecule has 0 saturated carbocycles. The Bertz CT molecular complexity index is 1690. The van der Waals surface area contributed by atoms with Gasteiger partial charge >= 0.3 is 12.5 Å². The van der Waals surface area contributed by atoms with Crippen molar-refractivity contribution in [2.24, 2.45) is 0 Å². The van der Waals surface area contributed by atoms with Crippen molar-refractivity contribution in [1.29, 1.82) is 0 Å². The maximum Gasteiger partial charge on any atom is 0.586 e. The first-order valence-electron chi connectivity index (χ1n) is 13.3. The summed E-state index contributed by atoms with van der Waals surface area (Å²) in [5, 5.41) is 13.3. The van der Waals surface area contributed by atoms with Crippen LogP contribution >= 0.6 is 0 Å². The first kappa shape index (κ1) is 28.5. The molecule has 1 N–H and O–H groups in total. The Morgan fingerprint density at radius 1 is 1.09 bits per heavy atom. The summed E-state index contributed by atoms with van der Waals surface area (Å²) in [5.41, 5.74) is 0.466. The highest BCUT2D eigenvalue weighted by atomic mass is 19.4. The Balaban J connectivity index is 1.35. The summed E-state index contributed by atoms with van der Waals surface area (Å²) < 4.78 is 85.4. The lowest BCUT2D eigenvalue weighted by Crippen LogP contribution is -2.26. The number of carbonyl (C=O) groups excluding carboxylic acids is 1. The van der Waals surface area contributed by atoms with E-state index in [-0.39, 0.29) is 52.7 Å². The highest BCUT2D eigenvalue weighted by Gasteiger charge is 2.44. The van der Waals surface area contributed by atoms with E-state index in [1.807, 2.05) is 0 Å². The number of ether oxygens (including phenoxy) is 3. The van der Waals surface area contributed by atoms with Crippen LogP contribution in [0.4, 0.5) is 27.6 Å². The molecule has 1 amide bonds.